The van der Waals surface area contributed by atoms with Crippen LogP contribution in [0.1, 0.15) is 35.8 Å². The third kappa shape index (κ3) is 1.83. The minimum absolute atomic E-state index is 0.800. The Morgan fingerprint density at radius 2 is 2.25 bits per heavy atom. The summed E-state index contributed by atoms with van der Waals surface area (Å²) in [7, 11) is 0. The lowest BCUT2D eigenvalue weighted by Crippen LogP contribution is -1.87. The van der Waals surface area contributed by atoms with Gasteiger partial charge in [0.15, 0.2) is 0 Å². The highest BCUT2D eigenvalue weighted by Gasteiger charge is 2.07. The summed E-state index contributed by atoms with van der Waals surface area (Å²) < 4.78 is 0. The van der Waals surface area contributed by atoms with E-state index in [4.69, 9.17) is 5.26 Å². The lowest BCUT2D eigenvalue weighted by Gasteiger charge is -1.89. The Kier molecular flexibility index (Phi) is 3.24. The molecule has 0 fully saturated rings. The molecule has 64 valence electrons. The van der Waals surface area contributed by atoms with E-state index in [1.807, 2.05) is 0 Å². The standard InChI is InChI=1S/C9H12N2S/c1-3-5-7-8(6-10)12-9(4-2)11-7/h3-5H2,1-2H3. The van der Waals surface area contributed by atoms with Crippen LogP contribution in [0.25, 0.3) is 0 Å². The molecule has 0 bridgehead atoms. The summed E-state index contributed by atoms with van der Waals surface area (Å²) in [6.07, 6.45) is 2.92. The maximum absolute atomic E-state index is 8.77. The van der Waals surface area contributed by atoms with Crippen molar-refractivity contribution in [3.05, 3.63) is 15.6 Å². The molecule has 0 radical (unpaired) electrons. The lowest BCUT2D eigenvalue weighted by atomic mass is 10.2. The largest absolute Gasteiger partial charge is 0.245 e. The smallest absolute Gasteiger partial charge is 0.128 e. The van der Waals surface area contributed by atoms with E-state index in [1.54, 1.807) is 0 Å². The topological polar surface area (TPSA) is 36.7 Å². The molecule has 0 unspecified atom stereocenters. The SMILES string of the molecule is CCCc1nc(CC)sc1C#N. The average molecular weight is 180 g/mol. The van der Waals surface area contributed by atoms with Crippen molar-refractivity contribution >= 4 is 11.3 Å². The molecule has 0 amide bonds. The first-order chi connectivity index (χ1) is 5.81. The van der Waals surface area contributed by atoms with Gasteiger partial charge in [-0.3, -0.25) is 0 Å². The van der Waals surface area contributed by atoms with Gasteiger partial charge in [-0.05, 0) is 12.8 Å². The Bertz CT molecular complexity index is 296. The van der Waals surface area contributed by atoms with Gasteiger partial charge in [0.05, 0.1) is 10.7 Å². The van der Waals surface area contributed by atoms with E-state index in [2.05, 4.69) is 24.9 Å². The van der Waals surface area contributed by atoms with Crippen molar-refractivity contribution in [2.24, 2.45) is 0 Å². The average Bonchev–Trinajstić information content (AvgIpc) is 2.48. The van der Waals surface area contributed by atoms with Gasteiger partial charge in [-0.25, -0.2) is 4.98 Å². The maximum atomic E-state index is 8.77. The fourth-order valence-electron chi connectivity index (χ4n) is 1.05. The van der Waals surface area contributed by atoms with E-state index in [0.29, 0.717) is 0 Å². The highest BCUT2D eigenvalue weighted by Crippen LogP contribution is 2.19. The van der Waals surface area contributed by atoms with E-state index in [0.717, 1.165) is 34.8 Å². The highest BCUT2D eigenvalue weighted by molar-refractivity contribution is 7.12. The Balaban J connectivity index is 2.93. The fraction of sp³-hybridized carbons (Fsp3) is 0.556. The molecule has 1 rings (SSSR count). The van der Waals surface area contributed by atoms with E-state index in [1.165, 1.54) is 11.3 Å². The first-order valence-electron chi connectivity index (χ1n) is 4.20. The molecule has 1 heterocycles. The van der Waals surface area contributed by atoms with Crippen molar-refractivity contribution in [3.8, 4) is 6.07 Å². The molecule has 0 aliphatic heterocycles. The maximum Gasteiger partial charge on any atom is 0.128 e. The number of aromatic nitrogens is 1. The summed E-state index contributed by atoms with van der Waals surface area (Å²) in [5.74, 6) is 0. The second-order valence-corrected chi connectivity index (χ2v) is 3.68. The molecule has 0 N–H and O–H groups in total. The second kappa shape index (κ2) is 4.22. The first-order valence-corrected chi connectivity index (χ1v) is 5.02. The number of hydrogen-bond acceptors (Lipinski definition) is 3. The Morgan fingerprint density at radius 1 is 1.50 bits per heavy atom. The Hall–Kier alpha value is -0.880. The van der Waals surface area contributed by atoms with E-state index >= 15 is 0 Å². The van der Waals surface area contributed by atoms with Gasteiger partial charge in [-0.15, -0.1) is 11.3 Å². The molecule has 1 aromatic heterocycles. The third-order valence-electron chi connectivity index (χ3n) is 1.63. The van der Waals surface area contributed by atoms with Crippen LogP contribution in [0.5, 0.6) is 0 Å². The van der Waals surface area contributed by atoms with Crippen molar-refractivity contribution < 1.29 is 0 Å². The van der Waals surface area contributed by atoms with Gasteiger partial charge in [0, 0.05) is 0 Å². The minimum atomic E-state index is 0.800. The van der Waals surface area contributed by atoms with Gasteiger partial charge in [0.25, 0.3) is 0 Å². The molecule has 0 aliphatic carbocycles. The van der Waals surface area contributed by atoms with Gasteiger partial charge in [0.1, 0.15) is 10.9 Å². The van der Waals surface area contributed by atoms with Gasteiger partial charge in [-0.2, -0.15) is 5.26 Å². The van der Waals surface area contributed by atoms with Gasteiger partial charge in [0.2, 0.25) is 0 Å². The number of hydrogen-bond donors (Lipinski definition) is 0. The van der Waals surface area contributed by atoms with Crippen LogP contribution in [0.3, 0.4) is 0 Å². The van der Waals surface area contributed by atoms with Crippen LogP contribution in [-0.2, 0) is 12.8 Å². The molecular weight excluding hydrogens is 168 g/mol. The first kappa shape index (κ1) is 9.21. The van der Waals surface area contributed by atoms with Crippen molar-refractivity contribution in [1.82, 2.24) is 4.98 Å². The highest BCUT2D eigenvalue weighted by atomic mass is 32.1. The van der Waals surface area contributed by atoms with Gasteiger partial charge in [-0.1, -0.05) is 20.3 Å². The van der Waals surface area contributed by atoms with Gasteiger partial charge < -0.3 is 0 Å². The molecule has 1 aromatic rings. The molecule has 0 atom stereocenters. The number of rotatable bonds is 3. The Labute approximate surface area is 76.9 Å². The van der Waals surface area contributed by atoms with Crippen LogP contribution in [0, 0.1) is 11.3 Å². The summed E-state index contributed by atoms with van der Waals surface area (Å²) in [5.41, 5.74) is 0.988. The van der Waals surface area contributed by atoms with Crippen molar-refractivity contribution in [1.29, 1.82) is 5.26 Å². The zero-order valence-electron chi connectivity index (χ0n) is 7.42. The molecule has 0 saturated carbocycles. The van der Waals surface area contributed by atoms with Crippen LogP contribution < -0.4 is 0 Å². The quantitative estimate of drug-likeness (QED) is 0.716. The Morgan fingerprint density at radius 3 is 2.75 bits per heavy atom. The number of aryl methyl sites for hydroxylation is 2. The molecule has 0 spiro atoms. The monoisotopic (exact) mass is 180 g/mol. The predicted octanol–water partition coefficient (Wildman–Crippen LogP) is 2.53. The summed E-state index contributed by atoms with van der Waals surface area (Å²) in [6, 6.07) is 2.19. The zero-order valence-corrected chi connectivity index (χ0v) is 8.24. The van der Waals surface area contributed by atoms with Crippen molar-refractivity contribution in [2.75, 3.05) is 0 Å². The van der Waals surface area contributed by atoms with E-state index < -0.39 is 0 Å². The summed E-state index contributed by atoms with van der Waals surface area (Å²) in [5, 5.41) is 9.85. The van der Waals surface area contributed by atoms with Crippen LogP contribution in [0.15, 0.2) is 0 Å². The molecule has 0 saturated heterocycles. The van der Waals surface area contributed by atoms with Crippen LogP contribution in [0.4, 0.5) is 0 Å². The van der Waals surface area contributed by atoms with E-state index in [-0.39, 0.29) is 0 Å². The molecule has 12 heavy (non-hydrogen) atoms. The summed E-state index contributed by atoms with van der Waals surface area (Å²) in [6.45, 7) is 4.17. The van der Waals surface area contributed by atoms with E-state index in [9.17, 15) is 0 Å². The number of thiazole rings is 1. The molecule has 2 nitrogen and oxygen atoms in total. The van der Waals surface area contributed by atoms with Crippen LogP contribution in [-0.4, -0.2) is 4.98 Å². The van der Waals surface area contributed by atoms with Crippen LogP contribution in [0.2, 0.25) is 0 Å². The lowest BCUT2D eigenvalue weighted by molar-refractivity contribution is 0.878. The number of nitriles is 1. The molecule has 0 aliphatic rings. The fourth-order valence-corrected chi connectivity index (χ4v) is 1.89. The summed E-state index contributed by atoms with van der Waals surface area (Å²) in [4.78, 5) is 5.18. The minimum Gasteiger partial charge on any atom is -0.245 e. The molecular formula is C9H12N2S. The second-order valence-electron chi connectivity index (χ2n) is 2.60. The predicted molar refractivity (Wildman–Crippen MR) is 50.2 cm³/mol. The zero-order chi connectivity index (χ0) is 8.97. The third-order valence-corrected chi connectivity index (χ3v) is 2.78. The number of nitrogens with zero attached hydrogens (tertiary/aromatic N) is 2. The normalized spacial score (nSPS) is 9.75. The molecule has 0 aromatic carbocycles. The van der Waals surface area contributed by atoms with Crippen molar-refractivity contribution in [3.63, 3.8) is 0 Å². The molecule has 3 heteroatoms. The van der Waals surface area contributed by atoms with Crippen LogP contribution >= 0.6 is 11.3 Å². The van der Waals surface area contributed by atoms with Gasteiger partial charge >= 0.3 is 0 Å². The van der Waals surface area contributed by atoms with Crippen molar-refractivity contribution in [2.45, 2.75) is 33.1 Å². The summed E-state index contributed by atoms with van der Waals surface area (Å²) >= 11 is 1.53.